The Morgan fingerprint density at radius 1 is 0.917 bits per heavy atom. The zero-order valence-electron chi connectivity index (χ0n) is 11.9. The molecule has 0 aliphatic heterocycles. The predicted molar refractivity (Wildman–Crippen MR) is 71.4 cm³/mol. The van der Waals surface area contributed by atoms with E-state index < -0.39 is 41.3 Å². The first-order valence-electron chi connectivity index (χ1n) is 6.59. The van der Waals surface area contributed by atoms with Gasteiger partial charge in [-0.2, -0.15) is 26.3 Å². The van der Waals surface area contributed by atoms with E-state index >= 15 is 0 Å². The predicted octanol–water partition coefficient (Wildman–Crippen LogP) is 3.02. The van der Waals surface area contributed by atoms with Gasteiger partial charge in [-0.1, -0.05) is 36.4 Å². The quantitative estimate of drug-likeness (QED) is 0.565. The molecule has 0 saturated heterocycles. The molecular formula is C15H12F6O3. The number of aliphatic hydroxyl groups is 3. The highest BCUT2D eigenvalue weighted by Gasteiger charge is 2.72. The van der Waals surface area contributed by atoms with Crippen LogP contribution in [0.4, 0.5) is 26.3 Å². The molecular weight excluding hydrogens is 342 g/mol. The van der Waals surface area contributed by atoms with E-state index in [1.165, 1.54) is 6.07 Å². The minimum Gasteiger partial charge on any atom is -0.369 e. The van der Waals surface area contributed by atoms with E-state index in [1.54, 1.807) is 0 Å². The first kappa shape index (κ1) is 18.5. The molecule has 0 aromatic heterocycles. The second-order valence-electron chi connectivity index (χ2n) is 5.33. The number of halogens is 6. The molecule has 0 saturated carbocycles. The van der Waals surface area contributed by atoms with Crippen molar-refractivity contribution in [2.24, 2.45) is 0 Å². The van der Waals surface area contributed by atoms with Crippen molar-refractivity contribution < 1.29 is 41.7 Å². The van der Waals surface area contributed by atoms with Gasteiger partial charge in [-0.3, -0.25) is 0 Å². The topological polar surface area (TPSA) is 60.7 Å². The summed E-state index contributed by atoms with van der Waals surface area (Å²) in [6.45, 7) is 0. The molecule has 1 aromatic carbocycles. The third kappa shape index (κ3) is 3.06. The van der Waals surface area contributed by atoms with Crippen molar-refractivity contribution in [3.8, 4) is 0 Å². The van der Waals surface area contributed by atoms with Gasteiger partial charge in [-0.05, 0) is 17.2 Å². The fourth-order valence-corrected chi connectivity index (χ4v) is 2.34. The molecule has 0 radical (unpaired) electrons. The van der Waals surface area contributed by atoms with Crippen molar-refractivity contribution in [1.29, 1.82) is 0 Å². The summed E-state index contributed by atoms with van der Waals surface area (Å²) >= 11 is 0. The van der Waals surface area contributed by atoms with Crippen molar-refractivity contribution in [1.82, 2.24) is 0 Å². The van der Waals surface area contributed by atoms with Crippen molar-refractivity contribution in [2.45, 2.75) is 30.2 Å². The van der Waals surface area contributed by atoms with Crippen molar-refractivity contribution in [3.63, 3.8) is 0 Å². The lowest BCUT2D eigenvalue weighted by Crippen LogP contribution is -2.54. The Bertz CT molecular complexity index is 671. The Labute approximate surface area is 132 Å². The van der Waals surface area contributed by atoms with Gasteiger partial charge in [0.15, 0.2) is 5.79 Å². The first-order valence-corrected chi connectivity index (χ1v) is 6.59. The number of hydrogen-bond donors (Lipinski definition) is 3. The van der Waals surface area contributed by atoms with Crippen LogP contribution in [0.2, 0.25) is 0 Å². The monoisotopic (exact) mass is 354 g/mol. The SMILES string of the molecule is OC1(O)C=CC(c2ccccc2C(O)(C(F)(F)F)C(F)(F)F)=CC1. The number of allylic oxidation sites excluding steroid dienone is 2. The molecule has 0 unspecified atom stereocenters. The van der Waals surface area contributed by atoms with Crippen molar-refractivity contribution >= 4 is 5.57 Å². The molecule has 1 aliphatic rings. The first-order chi connectivity index (χ1) is 10.8. The second-order valence-corrected chi connectivity index (χ2v) is 5.33. The Hall–Kier alpha value is -1.84. The normalized spacial score (nSPS) is 18.5. The molecule has 0 spiro atoms. The molecule has 9 heteroatoms. The molecule has 0 atom stereocenters. The number of rotatable bonds is 2. The molecule has 0 fully saturated rings. The smallest absolute Gasteiger partial charge is 0.369 e. The number of hydrogen-bond acceptors (Lipinski definition) is 3. The van der Waals surface area contributed by atoms with Gasteiger partial charge in [-0.15, -0.1) is 0 Å². The van der Waals surface area contributed by atoms with E-state index in [9.17, 15) is 41.7 Å². The standard InChI is InChI=1S/C15H12F6O3/c16-14(17,18)13(24,15(19,20)21)11-4-2-1-3-10(11)9-5-7-12(22,23)8-6-9/h1-7,22-24H,8H2. The maximum atomic E-state index is 13.1. The molecule has 132 valence electrons. The molecule has 0 bridgehead atoms. The molecule has 3 N–H and O–H groups in total. The van der Waals surface area contributed by atoms with Crippen LogP contribution in [0.5, 0.6) is 0 Å². The van der Waals surface area contributed by atoms with E-state index in [-0.39, 0.29) is 5.57 Å². The zero-order valence-corrected chi connectivity index (χ0v) is 11.9. The highest BCUT2D eigenvalue weighted by atomic mass is 19.4. The number of alkyl halides is 6. The maximum absolute atomic E-state index is 13.1. The molecule has 1 aliphatic carbocycles. The van der Waals surface area contributed by atoms with Gasteiger partial charge in [-0.25, -0.2) is 0 Å². The van der Waals surface area contributed by atoms with Crippen molar-refractivity contribution in [2.75, 3.05) is 0 Å². The minimum absolute atomic E-state index is 0.101. The van der Waals surface area contributed by atoms with Crippen LogP contribution < -0.4 is 0 Å². The van der Waals surface area contributed by atoms with E-state index in [4.69, 9.17) is 0 Å². The summed E-state index contributed by atoms with van der Waals surface area (Å²) in [6, 6.07) is 3.66. The fourth-order valence-electron chi connectivity index (χ4n) is 2.34. The summed E-state index contributed by atoms with van der Waals surface area (Å²) in [5.74, 6) is -2.23. The summed E-state index contributed by atoms with van der Waals surface area (Å²) in [6.07, 6.45) is -9.54. The summed E-state index contributed by atoms with van der Waals surface area (Å²) in [5.41, 5.74) is -7.06. The summed E-state index contributed by atoms with van der Waals surface area (Å²) in [7, 11) is 0. The lowest BCUT2D eigenvalue weighted by Gasteiger charge is -2.34. The molecule has 1 aromatic rings. The third-order valence-corrected chi connectivity index (χ3v) is 3.60. The van der Waals surface area contributed by atoms with Crippen LogP contribution in [0.15, 0.2) is 42.5 Å². The molecule has 3 nitrogen and oxygen atoms in total. The van der Waals surface area contributed by atoms with Crippen LogP contribution in [0.25, 0.3) is 5.57 Å². The zero-order chi connectivity index (χ0) is 18.4. The van der Waals surface area contributed by atoms with E-state index in [0.717, 1.165) is 30.4 Å². The van der Waals surface area contributed by atoms with Crippen LogP contribution in [-0.2, 0) is 5.60 Å². The summed E-state index contributed by atoms with van der Waals surface area (Å²) in [5, 5.41) is 28.3. The van der Waals surface area contributed by atoms with Gasteiger partial charge in [0.2, 0.25) is 0 Å². The van der Waals surface area contributed by atoms with Crippen LogP contribution in [0.3, 0.4) is 0 Å². The fraction of sp³-hybridized carbons (Fsp3) is 0.333. The average molecular weight is 354 g/mol. The van der Waals surface area contributed by atoms with Gasteiger partial charge in [0.1, 0.15) is 0 Å². The van der Waals surface area contributed by atoms with Gasteiger partial charge < -0.3 is 15.3 Å². The summed E-state index contributed by atoms with van der Waals surface area (Å²) < 4.78 is 78.4. The largest absolute Gasteiger partial charge is 0.430 e. The van der Waals surface area contributed by atoms with Gasteiger partial charge in [0.05, 0.1) is 0 Å². The van der Waals surface area contributed by atoms with Crippen LogP contribution >= 0.6 is 0 Å². The van der Waals surface area contributed by atoms with Crippen LogP contribution in [0, 0.1) is 0 Å². The Morgan fingerprint density at radius 2 is 1.46 bits per heavy atom. The Balaban J connectivity index is 2.65. The highest BCUT2D eigenvalue weighted by molar-refractivity contribution is 5.78. The average Bonchev–Trinajstić information content (AvgIpc) is 2.44. The van der Waals surface area contributed by atoms with Crippen molar-refractivity contribution in [3.05, 3.63) is 53.6 Å². The lowest BCUT2D eigenvalue weighted by atomic mass is 9.84. The molecule has 2 rings (SSSR count). The highest BCUT2D eigenvalue weighted by Crippen LogP contribution is 2.51. The third-order valence-electron chi connectivity index (χ3n) is 3.60. The Kier molecular flexibility index (Phi) is 4.32. The lowest BCUT2D eigenvalue weighted by molar-refractivity contribution is -0.376. The summed E-state index contributed by atoms with van der Waals surface area (Å²) in [4.78, 5) is 0. The van der Waals surface area contributed by atoms with E-state index in [0.29, 0.717) is 6.07 Å². The van der Waals surface area contributed by atoms with E-state index in [2.05, 4.69) is 0 Å². The van der Waals surface area contributed by atoms with E-state index in [1.807, 2.05) is 0 Å². The van der Waals surface area contributed by atoms with Gasteiger partial charge >= 0.3 is 12.4 Å². The molecule has 0 amide bonds. The second kappa shape index (κ2) is 5.61. The Morgan fingerprint density at radius 3 is 1.92 bits per heavy atom. The number of benzene rings is 1. The van der Waals surface area contributed by atoms with Crippen LogP contribution in [-0.4, -0.2) is 33.5 Å². The van der Waals surface area contributed by atoms with Gasteiger partial charge in [0, 0.05) is 12.0 Å². The maximum Gasteiger partial charge on any atom is 0.430 e. The molecule has 0 heterocycles. The van der Waals surface area contributed by atoms with Gasteiger partial charge in [0.25, 0.3) is 5.60 Å². The molecule has 24 heavy (non-hydrogen) atoms. The van der Waals surface area contributed by atoms with Crippen LogP contribution in [0.1, 0.15) is 17.5 Å². The minimum atomic E-state index is -6.00.